The number of hydrogen-bond donors (Lipinski definition) is 1. The molecule has 2 atom stereocenters. The highest BCUT2D eigenvalue weighted by atomic mass is 14.9. The molecule has 0 radical (unpaired) electrons. The first kappa shape index (κ1) is 12.5. The molecule has 3 nitrogen and oxygen atoms in total. The third-order valence-corrected chi connectivity index (χ3v) is 3.70. The van der Waals surface area contributed by atoms with Crippen LogP contribution in [0.4, 0.5) is 0 Å². The van der Waals surface area contributed by atoms with E-state index in [9.17, 15) is 0 Å². The van der Waals surface area contributed by atoms with Gasteiger partial charge in [0.1, 0.15) is 5.82 Å². The molecule has 0 spiro atoms. The number of fused-ring (bicyclic) bond motifs is 1. The average Bonchev–Trinajstić information content (AvgIpc) is 2.38. The average molecular weight is 233 g/mol. The van der Waals surface area contributed by atoms with Crippen LogP contribution in [0, 0.1) is 0 Å². The fourth-order valence-corrected chi connectivity index (χ4v) is 2.44. The van der Waals surface area contributed by atoms with E-state index in [2.05, 4.69) is 37.3 Å². The van der Waals surface area contributed by atoms with Crippen LogP contribution in [0.5, 0.6) is 0 Å². The predicted octanol–water partition coefficient (Wildman–Crippen LogP) is 2.98. The number of aromatic nitrogens is 2. The molecule has 0 saturated carbocycles. The predicted molar refractivity (Wildman–Crippen MR) is 70.1 cm³/mol. The summed E-state index contributed by atoms with van der Waals surface area (Å²) < 4.78 is 0. The molecule has 1 heterocycles. The first-order valence-corrected chi connectivity index (χ1v) is 6.85. The van der Waals surface area contributed by atoms with Crippen molar-refractivity contribution in [2.45, 2.75) is 58.4 Å². The molecule has 0 saturated heterocycles. The van der Waals surface area contributed by atoms with Crippen molar-refractivity contribution in [1.82, 2.24) is 15.3 Å². The van der Waals surface area contributed by atoms with Crippen LogP contribution in [0.3, 0.4) is 0 Å². The van der Waals surface area contributed by atoms with Crippen LogP contribution in [0.15, 0.2) is 6.20 Å². The van der Waals surface area contributed by atoms with E-state index in [1.165, 1.54) is 24.1 Å². The van der Waals surface area contributed by atoms with Crippen molar-refractivity contribution in [3.63, 3.8) is 0 Å². The lowest BCUT2D eigenvalue weighted by Crippen LogP contribution is -2.26. The molecular formula is C14H23N3. The lowest BCUT2D eigenvalue weighted by molar-refractivity contribution is 0.461. The van der Waals surface area contributed by atoms with Crippen molar-refractivity contribution in [2.75, 3.05) is 6.54 Å². The summed E-state index contributed by atoms with van der Waals surface area (Å²) in [7, 11) is 0. The number of nitrogens with one attached hydrogen (secondary N) is 1. The molecule has 0 amide bonds. The Morgan fingerprint density at radius 3 is 3.00 bits per heavy atom. The lowest BCUT2D eigenvalue weighted by atomic mass is 9.92. The zero-order valence-electron chi connectivity index (χ0n) is 11.2. The van der Waals surface area contributed by atoms with Gasteiger partial charge in [-0.1, -0.05) is 20.8 Å². The highest BCUT2D eigenvalue weighted by molar-refractivity contribution is 5.25. The fraction of sp³-hybridized carbons (Fsp3) is 0.714. The summed E-state index contributed by atoms with van der Waals surface area (Å²) in [4.78, 5) is 9.31. The second kappa shape index (κ2) is 5.58. The van der Waals surface area contributed by atoms with Gasteiger partial charge in [-0.25, -0.2) is 9.97 Å². The topological polar surface area (TPSA) is 37.8 Å². The van der Waals surface area contributed by atoms with Crippen LogP contribution >= 0.6 is 0 Å². The van der Waals surface area contributed by atoms with Gasteiger partial charge < -0.3 is 5.32 Å². The van der Waals surface area contributed by atoms with Gasteiger partial charge in [-0.3, -0.25) is 0 Å². The van der Waals surface area contributed by atoms with Crippen LogP contribution in [-0.2, 0) is 6.42 Å². The molecule has 3 heteroatoms. The maximum Gasteiger partial charge on any atom is 0.131 e. The van der Waals surface area contributed by atoms with Gasteiger partial charge in [0.15, 0.2) is 0 Å². The summed E-state index contributed by atoms with van der Waals surface area (Å²) in [5, 5.41) is 3.52. The lowest BCUT2D eigenvalue weighted by Gasteiger charge is -2.25. The Bertz CT molecular complexity index is 376. The van der Waals surface area contributed by atoms with E-state index in [0.717, 1.165) is 25.2 Å². The second-order valence-corrected chi connectivity index (χ2v) is 4.94. The molecule has 1 aromatic rings. The molecule has 2 rings (SSSR count). The van der Waals surface area contributed by atoms with Gasteiger partial charge in [-0.2, -0.15) is 0 Å². The smallest absolute Gasteiger partial charge is 0.131 e. The highest BCUT2D eigenvalue weighted by Gasteiger charge is 2.22. The van der Waals surface area contributed by atoms with E-state index >= 15 is 0 Å². The maximum absolute atomic E-state index is 4.77. The van der Waals surface area contributed by atoms with E-state index in [1.807, 2.05) is 0 Å². The SMILES string of the molecule is CCNC1CCCc2nc(C(C)CC)ncc21. The number of rotatable bonds is 4. The number of nitrogens with zero attached hydrogens (tertiary/aromatic N) is 2. The Kier molecular flexibility index (Phi) is 4.11. The molecular weight excluding hydrogens is 210 g/mol. The Morgan fingerprint density at radius 2 is 2.29 bits per heavy atom. The van der Waals surface area contributed by atoms with Gasteiger partial charge in [0.05, 0.1) is 0 Å². The number of hydrogen-bond acceptors (Lipinski definition) is 3. The van der Waals surface area contributed by atoms with Crippen LogP contribution in [0.2, 0.25) is 0 Å². The summed E-state index contributed by atoms with van der Waals surface area (Å²) >= 11 is 0. The summed E-state index contributed by atoms with van der Waals surface area (Å²) in [6.45, 7) is 7.56. The van der Waals surface area contributed by atoms with Gasteiger partial charge in [-0.05, 0) is 32.2 Å². The molecule has 1 aliphatic carbocycles. The summed E-state index contributed by atoms with van der Waals surface area (Å²) in [6, 6.07) is 0.467. The molecule has 0 aliphatic heterocycles. The van der Waals surface area contributed by atoms with Crippen molar-refractivity contribution >= 4 is 0 Å². The molecule has 17 heavy (non-hydrogen) atoms. The van der Waals surface area contributed by atoms with Crippen molar-refractivity contribution in [3.05, 3.63) is 23.3 Å². The molecule has 0 bridgehead atoms. The second-order valence-electron chi connectivity index (χ2n) is 4.94. The Hall–Kier alpha value is -0.960. The molecule has 1 aromatic heterocycles. The van der Waals surface area contributed by atoms with E-state index in [4.69, 9.17) is 4.98 Å². The molecule has 0 fully saturated rings. The molecule has 2 unspecified atom stereocenters. The highest BCUT2D eigenvalue weighted by Crippen LogP contribution is 2.29. The van der Waals surface area contributed by atoms with Gasteiger partial charge >= 0.3 is 0 Å². The standard InChI is InChI=1S/C14H23N3/c1-4-10(3)14-16-9-11-12(15-5-2)7-6-8-13(11)17-14/h9-10,12,15H,4-8H2,1-3H3. The molecule has 94 valence electrons. The Morgan fingerprint density at radius 1 is 1.47 bits per heavy atom. The van der Waals surface area contributed by atoms with Crippen LogP contribution < -0.4 is 5.32 Å². The van der Waals surface area contributed by atoms with E-state index in [0.29, 0.717) is 12.0 Å². The summed E-state index contributed by atoms with van der Waals surface area (Å²) in [5.74, 6) is 1.49. The maximum atomic E-state index is 4.77. The van der Waals surface area contributed by atoms with Crippen LogP contribution in [0.1, 0.15) is 69.1 Å². The molecule has 1 aliphatic rings. The van der Waals surface area contributed by atoms with Crippen molar-refractivity contribution in [2.24, 2.45) is 0 Å². The molecule has 1 N–H and O–H groups in total. The van der Waals surface area contributed by atoms with Gasteiger partial charge in [0, 0.05) is 29.4 Å². The van der Waals surface area contributed by atoms with Crippen LogP contribution in [0.25, 0.3) is 0 Å². The fourth-order valence-electron chi connectivity index (χ4n) is 2.44. The Labute approximate surface area is 104 Å². The van der Waals surface area contributed by atoms with E-state index in [-0.39, 0.29) is 0 Å². The minimum Gasteiger partial charge on any atom is -0.310 e. The number of aryl methyl sites for hydroxylation is 1. The largest absolute Gasteiger partial charge is 0.310 e. The third kappa shape index (κ3) is 2.65. The minimum atomic E-state index is 0.467. The Balaban J connectivity index is 2.26. The van der Waals surface area contributed by atoms with Gasteiger partial charge in [-0.15, -0.1) is 0 Å². The first-order valence-electron chi connectivity index (χ1n) is 6.85. The third-order valence-electron chi connectivity index (χ3n) is 3.70. The van der Waals surface area contributed by atoms with Gasteiger partial charge in [0.25, 0.3) is 0 Å². The monoisotopic (exact) mass is 233 g/mol. The normalized spacial score (nSPS) is 21.0. The van der Waals surface area contributed by atoms with Crippen molar-refractivity contribution in [1.29, 1.82) is 0 Å². The zero-order chi connectivity index (χ0) is 12.3. The quantitative estimate of drug-likeness (QED) is 0.868. The van der Waals surface area contributed by atoms with Crippen LogP contribution in [-0.4, -0.2) is 16.5 Å². The van der Waals surface area contributed by atoms with E-state index < -0.39 is 0 Å². The summed E-state index contributed by atoms with van der Waals surface area (Å²) in [5.41, 5.74) is 2.60. The minimum absolute atomic E-state index is 0.467. The van der Waals surface area contributed by atoms with Gasteiger partial charge in [0.2, 0.25) is 0 Å². The summed E-state index contributed by atoms with van der Waals surface area (Å²) in [6.07, 6.45) is 6.73. The first-order chi connectivity index (χ1) is 8.26. The zero-order valence-corrected chi connectivity index (χ0v) is 11.2. The van der Waals surface area contributed by atoms with Crippen molar-refractivity contribution in [3.8, 4) is 0 Å². The van der Waals surface area contributed by atoms with E-state index in [1.54, 1.807) is 0 Å². The van der Waals surface area contributed by atoms with Crippen molar-refractivity contribution < 1.29 is 0 Å². The molecule has 0 aromatic carbocycles.